The summed E-state index contributed by atoms with van der Waals surface area (Å²) in [6.45, 7) is 6.18. The maximum absolute atomic E-state index is 13.3. The van der Waals surface area contributed by atoms with Crippen molar-refractivity contribution in [2.24, 2.45) is 0 Å². The van der Waals surface area contributed by atoms with Gasteiger partial charge in [-0.05, 0) is 74.4 Å². The molecule has 1 aliphatic rings. The number of aliphatic hydroxyl groups excluding tert-OH is 1. The molecule has 0 saturated carbocycles. The highest BCUT2D eigenvalue weighted by Gasteiger charge is 2.49. The molecule has 5 rings (SSSR count). The SMILES string of the molecule is CCOc1ccc(Cl)c(/C(O)=C2\C(=O)C(=O)N(c3nc4cc(C)c(C)cc4[nH]3)C2c2ccco2)c1. The van der Waals surface area contributed by atoms with Crippen LogP contribution in [0.4, 0.5) is 5.95 Å². The monoisotopic (exact) mass is 491 g/mol. The molecule has 0 aliphatic carbocycles. The molecular weight excluding hydrogens is 470 g/mol. The fourth-order valence-corrected chi connectivity index (χ4v) is 4.43. The highest BCUT2D eigenvalue weighted by molar-refractivity contribution is 6.51. The molecule has 1 aliphatic heterocycles. The summed E-state index contributed by atoms with van der Waals surface area (Å²) in [7, 11) is 0. The Hall–Kier alpha value is -4.04. The number of carbonyl (C=O) groups excluding carboxylic acids is 2. The van der Waals surface area contributed by atoms with Crippen LogP contribution < -0.4 is 9.64 Å². The zero-order chi connectivity index (χ0) is 24.9. The Labute approximate surface area is 205 Å². The summed E-state index contributed by atoms with van der Waals surface area (Å²) >= 11 is 6.36. The zero-order valence-corrected chi connectivity index (χ0v) is 20.0. The lowest BCUT2D eigenvalue weighted by molar-refractivity contribution is -0.132. The molecule has 2 aromatic carbocycles. The number of nitrogens with zero attached hydrogens (tertiary/aromatic N) is 2. The molecule has 9 heteroatoms. The molecule has 35 heavy (non-hydrogen) atoms. The number of fused-ring (bicyclic) bond motifs is 1. The largest absolute Gasteiger partial charge is 0.507 e. The quantitative estimate of drug-likeness (QED) is 0.218. The number of aliphatic hydroxyl groups is 1. The van der Waals surface area contributed by atoms with E-state index in [-0.39, 0.29) is 27.9 Å². The van der Waals surface area contributed by atoms with Crippen molar-refractivity contribution in [1.82, 2.24) is 9.97 Å². The van der Waals surface area contributed by atoms with Crippen LogP contribution in [0.1, 0.15) is 35.4 Å². The van der Waals surface area contributed by atoms with Crippen molar-refractivity contribution in [1.29, 1.82) is 0 Å². The van der Waals surface area contributed by atoms with Gasteiger partial charge in [0.05, 0.1) is 34.5 Å². The number of Topliss-reactive ketones (excluding diaryl/α,β-unsaturated/α-hetero) is 1. The van der Waals surface area contributed by atoms with Gasteiger partial charge in [-0.3, -0.25) is 14.5 Å². The van der Waals surface area contributed by atoms with Gasteiger partial charge in [0.15, 0.2) is 0 Å². The maximum Gasteiger partial charge on any atom is 0.302 e. The zero-order valence-electron chi connectivity index (χ0n) is 19.3. The number of aryl methyl sites for hydroxylation is 2. The van der Waals surface area contributed by atoms with Gasteiger partial charge in [-0.1, -0.05) is 11.6 Å². The number of hydrogen-bond donors (Lipinski definition) is 2. The Balaban J connectivity index is 1.71. The fourth-order valence-electron chi connectivity index (χ4n) is 4.22. The number of H-pyrrole nitrogens is 1. The topological polar surface area (TPSA) is 109 Å². The summed E-state index contributed by atoms with van der Waals surface area (Å²) in [5, 5.41) is 11.5. The number of anilines is 1. The van der Waals surface area contributed by atoms with Crippen LogP contribution in [0.15, 0.2) is 58.7 Å². The average Bonchev–Trinajstić information content (AvgIpc) is 3.54. The minimum atomic E-state index is -1.06. The van der Waals surface area contributed by atoms with Gasteiger partial charge in [0, 0.05) is 5.56 Å². The number of hydrogen-bond acceptors (Lipinski definition) is 6. The predicted molar refractivity (Wildman–Crippen MR) is 132 cm³/mol. The van der Waals surface area contributed by atoms with E-state index in [0.29, 0.717) is 17.9 Å². The number of benzene rings is 2. The van der Waals surface area contributed by atoms with Crippen molar-refractivity contribution in [2.75, 3.05) is 11.5 Å². The number of halogens is 1. The van der Waals surface area contributed by atoms with Gasteiger partial charge in [0.25, 0.3) is 5.78 Å². The van der Waals surface area contributed by atoms with E-state index in [1.54, 1.807) is 24.3 Å². The first-order chi connectivity index (χ1) is 16.8. The van der Waals surface area contributed by atoms with Crippen LogP contribution in [-0.2, 0) is 9.59 Å². The molecule has 1 fully saturated rings. The third-order valence-electron chi connectivity index (χ3n) is 6.07. The van der Waals surface area contributed by atoms with Crippen LogP contribution in [0.25, 0.3) is 16.8 Å². The Bertz CT molecular complexity index is 1460. The second-order valence-electron chi connectivity index (χ2n) is 8.27. The Kier molecular flexibility index (Phi) is 5.61. The first-order valence-corrected chi connectivity index (χ1v) is 11.4. The van der Waals surface area contributed by atoms with Crippen molar-refractivity contribution in [2.45, 2.75) is 26.8 Å². The van der Waals surface area contributed by atoms with Crippen molar-refractivity contribution in [3.8, 4) is 5.75 Å². The van der Waals surface area contributed by atoms with Gasteiger partial charge in [-0.15, -0.1) is 0 Å². The van der Waals surface area contributed by atoms with Gasteiger partial charge in [0.2, 0.25) is 5.95 Å². The van der Waals surface area contributed by atoms with E-state index >= 15 is 0 Å². The van der Waals surface area contributed by atoms with E-state index < -0.39 is 23.5 Å². The summed E-state index contributed by atoms with van der Waals surface area (Å²) < 4.78 is 11.1. The van der Waals surface area contributed by atoms with E-state index in [4.69, 9.17) is 20.8 Å². The molecule has 1 atom stereocenters. The van der Waals surface area contributed by atoms with Crippen molar-refractivity contribution >= 4 is 46.0 Å². The average molecular weight is 492 g/mol. The normalized spacial score (nSPS) is 17.5. The third-order valence-corrected chi connectivity index (χ3v) is 6.40. The minimum Gasteiger partial charge on any atom is -0.507 e. The van der Waals surface area contributed by atoms with Gasteiger partial charge in [-0.25, -0.2) is 4.98 Å². The number of furan rings is 1. The maximum atomic E-state index is 13.3. The second-order valence-corrected chi connectivity index (χ2v) is 8.68. The first-order valence-electron chi connectivity index (χ1n) is 11.0. The lowest BCUT2D eigenvalue weighted by atomic mass is 9.99. The second kappa shape index (κ2) is 8.63. The van der Waals surface area contributed by atoms with Crippen molar-refractivity contribution in [3.05, 3.63) is 81.8 Å². The summed E-state index contributed by atoms with van der Waals surface area (Å²) in [4.78, 5) is 35.5. The number of carbonyl (C=O) groups is 2. The van der Waals surface area contributed by atoms with Gasteiger partial charge < -0.3 is 19.2 Å². The Morgan fingerprint density at radius 1 is 1.20 bits per heavy atom. The molecule has 4 aromatic rings. The molecular formula is C26H22ClN3O5. The molecule has 8 nitrogen and oxygen atoms in total. The molecule has 2 N–H and O–H groups in total. The Morgan fingerprint density at radius 2 is 1.97 bits per heavy atom. The van der Waals surface area contributed by atoms with Crippen LogP contribution >= 0.6 is 11.6 Å². The van der Waals surface area contributed by atoms with Crippen LogP contribution in [0.5, 0.6) is 5.75 Å². The van der Waals surface area contributed by atoms with E-state index in [2.05, 4.69) is 9.97 Å². The van der Waals surface area contributed by atoms with E-state index in [1.807, 2.05) is 32.9 Å². The number of aromatic amines is 1. The van der Waals surface area contributed by atoms with Gasteiger partial charge >= 0.3 is 5.91 Å². The van der Waals surface area contributed by atoms with Gasteiger partial charge in [0.1, 0.15) is 23.3 Å². The van der Waals surface area contributed by atoms with E-state index in [1.165, 1.54) is 17.2 Å². The predicted octanol–water partition coefficient (Wildman–Crippen LogP) is 5.45. The molecule has 1 amide bonds. The highest BCUT2D eigenvalue weighted by Crippen LogP contribution is 2.43. The number of ketones is 1. The Morgan fingerprint density at radius 3 is 2.69 bits per heavy atom. The van der Waals surface area contributed by atoms with Gasteiger partial charge in [-0.2, -0.15) is 0 Å². The fraction of sp³-hybridized carbons (Fsp3) is 0.192. The number of imidazole rings is 1. The smallest absolute Gasteiger partial charge is 0.302 e. The summed E-state index contributed by atoms with van der Waals surface area (Å²) in [6.07, 6.45) is 1.43. The standard InChI is InChI=1S/C26H22ClN3O5/c1-4-34-15-7-8-17(27)16(12-15)23(31)21-22(20-6-5-9-35-20)30(25(33)24(21)32)26-28-18-10-13(2)14(3)11-19(18)29-26/h5-12,22,31H,4H2,1-3H3,(H,28,29)/b23-21+. The molecule has 178 valence electrons. The third kappa shape index (κ3) is 3.76. The molecule has 0 spiro atoms. The molecule has 0 bridgehead atoms. The summed E-state index contributed by atoms with van der Waals surface area (Å²) in [6, 6.07) is 10.8. The highest BCUT2D eigenvalue weighted by atomic mass is 35.5. The van der Waals surface area contributed by atoms with E-state index in [9.17, 15) is 14.7 Å². The number of nitrogens with one attached hydrogen (secondary N) is 1. The number of aromatic nitrogens is 2. The van der Waals surface area contributed by atoms with Crippen LogP contribution in [0.3, 0.4) is 0 Å². The number of amides is 1. The molecule has 2 aromatic heterocycles. The van der Waals surface area contributed by atoms with E-state index in [0.717, 1.165) is 16.6 Å². The summed E-state index contributed by atoms with van der Waals surface area (Å²) in [5.41, 5.74) is 3.48. The van der Waals surface area contributed by atoms with Crippen molar-refractivity contribution < 1.29 is 23.8 Å². The van der Waals surface area contributed by atoms with Crippen LogP contribution in [-0.4, -0.2) is 33.4 Å². The molecule has 1 unspecified atom stereocenters. The first kappa shape index (κ1) is 22.7. The lowest BCUT2D eigenvalue weighted by Crippen LogP contribution is -2.30. The molecule has 3 heterocycles. The van der Waals surface area contributed by atoms with Crippen LogP contribution in [0.2, 0.25) is 5.02 Å². The van der Waals surface area contributed by atoms with Crippen LogP contribution in [0, 0.1) is 13.8 Å². The molecule has 1 saturated heterocycles. The minimum absolute atomic E-state index is 0.159. The number of ether oxygens (including phenoxy) is 1. The molecule has 0 radical (unpaired) electrons. The summed E-state index contributed by atoms with van der Waals surface area (Å²) in [5.74, 6) is -1.24. The lowest BCUT2D eigenvalue weighted by Gasteiger charge is -2.20. The number of rotatable bonds is 5. The van der Waals surface area contributed by atoms with Crippen molar-refractivity contribution in [3.63, 3.8) is 0 Å².